The zero-order valence-corrected chi connectivity index (χ0v) is 12.3. The first-order valence-electron chi connectivity index (χ1n) is 7.35. The van der Waals surface area contributed by atoms with Crippen molar-refractivity contribution in [2.75, 3.05) is 0 Å². The monoisotopic (exact) mass is 280 g/mol. The second-order valence-corrected chi connectivity index (χ2v) is 5.57. The van der Waals surface area contributed by atoms with Crippen LogP contribution in [0.3, 0.4) is 0 Å². The normalized spacial score (nSPS) is 22.8. The highest BCUT2D eigenvalue weighted by Gasteiger charge is 2.22. The summed E-state index contributed by atoms with van der Waals surface area (Å²) in [5.74, 6) is 6.44. The minimum atomic E-state index is -0.405. The van der Waals surface area contributed by atoms with Crippen molar-refractivity contribution >= 4 is 5.91 Å². The molecule has 20 heavy (non-hydrogen) atoms. The summed E-state index contributed by atoms with van der Waals surface area (Å²) in [5.41, 5.74) is 2.86. The molecule has 3 N–H and O–H groups in total. The van der Waals surface area contributed by atoms with E-state index in [0.29, 0.717) is 18.5 Å². The van der Waals surface area contributed by atoms with Crippen LogP contribution in [0.4, 0.5) is 0 Å². The highest BCUT2D eigenvalue weighted by Crippen LogP contribution is 2.29. The lowest BCUT2D eigenvalue weighted by Crippen LogP contribution is -2.30. The average molecular weight is 280 g/mol. The lowest BCUT2D eigenvalue weighted by atomic mass is 9.85. The zero-order valence-electron chi connectivity index (χ0n) is 12.3. The largest absolute Gasteiger partial charge is 0.453 e. The van der Waals surface area contributed by atoms with Gasteiger partial charge in [0.1, 0.15) is 12.4 Å². The number of hydrogen-bond donors (Lipinski definition) is 2. The zero-order chi connectivity index (χ0) is 14.5. The predicted molar refractivity (Wildman–Crippen MR) is 75.9 cm³/mol. The van der Waals surface area contributed by atoms with Gasteiger partial charge in [-0.15, -0.1) is 0 Å². The Hall–Kier alpha value is -1.33. The number of nitrogens with two attached hydrogens (primary N) is 1. The molecular formula is C15H24N2O3. The molecule has 0 aliphatic heterocycles. The second-order valence-electron chi connectivity index (χ2n) is 5.57. The maximum Gasteiger partial charge on any atom is 0.301 e. The number of hydrogen-bond acceptors (Lipinski definition) is 4. The van der Waals surface area contributed by atoms with E-state index >= 15 is 0 Å². The Balaban J connectivity index is 1.89. The average Bonchev–Trinajstić information content (AvgIpc) is 2.85. The van der Waals surface area contributed by atoms with E-state index in [1.165, 1.54) is 19.3 Å². The molecule has 2 atom stereocenters. The quantitative estimate of drug-likeness (QED) is 0.494. The SMILES string of the molecule is CCC1CCCC(OCc2cc(C)c(C(=O)NN)o2)C1. The fourth-order valence-corrected chi connectivity index (χ4v) is 2.87. The highest BCUT2D eigenvalue weighted by atomic mass is 16.5. The van der Waals surface area contributed by atoms with Crippen LogP contribution in [-0.4, -0.2) is 12.0 Å². The third-order valence-electron chi connectivity index (χ3n) is 4.08. The van der Waals surface area contributed by atoms with Crippen molar-refractivity contribution in [2.24, 2.45) is 11.8 Å². The molecule has 0 saturated heterocycles. The fraction of sp³-hybridized carbons (Fsp3) is 0.667. The van der Waals surface area contributed by atoms with Crippen LogP contribution >= 0.6 is 0 Å². The lowest BCUT2D eigenvalue weighted by molar-refractivity contribution is -0.00557. The lowest BCUT2D eigenvalue weighted by Gasteiger charge is -2.28. The molecule has 2 rings (SSSR count). The van der Waals surface area contributed by atoms with Gasteiger partial charge in [-0.25, -0.2) is 5.84 Å². The molecule has 5 nitrogen and oxygen atoms in total. The fourth-order valence-electron chi connectivity index (χ4n) is 2.87. The summed E-state index contributed by atoms with van der Waals surface area (Å²) < 4.78 is 11.4. The molecule has 0 spiro atoms. The van der Waals surface area contributed by atoms with E-state index in [1.807, 2.05) is 13.0 Å². The third-order valence-corrected chi connectivity index (χ3v) is 4.08. The minimum absolute atomic E-state index is 0.265. The molecule has 1 aromatic heterocycles. The minimum Gasteiger partial charge on any atom is -0.453 e. The first kappa shape index (κ1) is 15.1. The number of ether oxygens (including phenoxy) is 1. The summed E-state index contributed by atoms with van der Waals surface area (Å²) in [4.78, 5) is 11.5. The van der Waals surface area contributed by atoms with Crippen LogP contribution in [0.5, 0.6) is 0 Å². The Kier molecular flexibility index (Phi) is 5.20. The Morgan fingerprint density at radius 2 is 2.35 bits per heavy atom. The molecule has 0 aromatic carbocycles. The van der Waals surface area contributed by atoms with Gasteiger partial charge >= 0.3 is 5.91 Å². The summed E-state index contributed by atoms with van der Waals surface area (Å²) in [6, 6.07) is 1.84. The van der Waals surface area contributed by atoms with E-state index < -0.39 is 5.91 Å². The number of hydrazine groups is 1. The topological polar surface area (TPSA) is 77.5 Å². The predicted octanol–water partition coefficient (Wildman–Crippen LogP) is 2.68. The number of rotatable bonds is 5. The van der Waals surface area contributed by atoms with E-state index in [-0.39, 0.29) is 5.76 Å². The van der Waals surface area contributed by atoms with Crippen molar-refractivity contribution in [2.45, 2.75) is 58.7 Å². The van der Waals surface area contributed by atoms with Gasteiger partial charge in [0.2, 0.25) is 0 Å². The van der Waals surface area contributed by atoms with Crippen molar-refractivity contribution in [1.29, 1.82) is 0 Å². The van der Waals surface area contributed by atoms with Crippen molar-refractivity contribution in [3.8, 4) is 0 Å². The van der Waals surface area contributed by atoms with Crippen LogP contribution in [0.1, 0.15) is 60.9 Å². The first-order chi connectivity index (χ1) is 9.63. The van der Waals surface area contributed by atoms with Gasteiger partial charge in [-0.3, -0.25) is 10.2 Å². The Labute approximate surface area is 119 Å². The molecule has 112 valence electrons. The molecule has 1 saturated carbocycles. The van der Waals surface area contributed by atoms with E-state index in [2.05, 4.69) is 12.3 Å². The summed E-state index contributed by atoms with van der Waals surface area (Å²) in [6.45, 7) is 4.48. The van der Waals surface area contributed by atoms with Gasteiger partial charge in [0.25, 0.3) is 0 Å². The molecule has 1 fully saturated rings. The number of aryl methyl sites for hydroxylation is 1. The molecule has 1 heterocycles. The molecule has 1 aliphatic rings. The van der Waals surface area contributed by atoms with E-state index in [1.54, 1.807) is 0 Å². The highest BCUT2D eigenvalue weighted by molar-refractivity contribution is 5.92. The van der Waals surface area contributed by atoms with Crippen LogP contribution < -0.4 is 11.3 Å². The molecule has 2 unspecified atom stereocenters. The van der Waals surface area contributed by atoms with Crippen LogP contribution in [-0.2, 0) is 11.3 Å². The molecule has 1 amide bonds. The van der Waals surface area contributed by atoms with Gasteiger partial charge in [-0.1, -0.05) is 26.2 Å². The van der Waals surface area contributed by atoms with Gasteiger partial charge in [-0.05, 0) is 31.7 Å². The van der Waals surface area contributed by atoms with Gasteiger partial charge < -0.3 is 9.15 Å². The number of furan rings is 1. The van der Waals surface area contributed by atoms with E-state index in [9.17, 15) is 4.79 Å². The van der Waals surface area contributed by atoms with E-state index in [4.69, 9.17) is 15.0 Å². The number of amides is 1. The first-order valence-corrected chi connectivity index (χ1v) is 7.35. The van der Waals surface area contributed by atoms with Crippen molar-refractivity contribution in [1.82, 2.24) is 5.43 Å². The van der Waals surface area contributed by atoms with Crippen molar-refractivity contribution in [3.05, 3.63) is 23.2 Å². The maximum absolute atomic E-state index is 11.5. The van der Waals surface area contributed by atoms with Crippen LogP contribution in [0, 0.1) is 12.8 Å². The summed E-state index contributed by atoms with van der Waals surface area (Å²) in [6.07, 6.45) is 6.34. The van der Waals surface area contributed by atoms with Gasteiger partial charge in [0, 0.05) is 5.56 Å². The summed E-state index contributed by atoms with van der Waals surface area (Å²) >= 11 is 0. The van der Waals surface area contributed by atoms with Crippen LogP contribution in [0.25, 0.3) is 0 Å². The smallest absolute Gasteiger partial charge is 0.301 e. The van der Waals surface area contributed by atoms with Crippen molar-refractivity contribution < 1.29 is 13.9 Å². The molecule has 1 aliphatic carbocycles. The number of nitrogens with one attached hydrogen (secondary N) is 1. The number of nitrogen functional groups attached to an aromatic ring is 1. The van der Waals surface area contributed by atoms with Gasteiger partial charge in [0.05, 0.1) is 6.10 Å². The molecule has 1 aromatic rings. The molecule has 0 bridgehead atoms. The summed E-state index contributed by atoms with van der Waals surface area (Å²) in [5, 5.41) is 0. The second kappa shape index (κ2) is 6.90. The molecular weight excluding hydrogens is 256 g/mol. The van der Waals surface area contributed by atoms with Gasteiger partial charge in [0.15, 0.2) is 5.76 Å². The molecule has 5 heteroatoms. The van der Waals surface area contributed by atoms with Crippen molar-refractivity contribution in [3.63, 3.8) is 0 Å². The Morgan fingerprint density at radius 1 is 1.55 bits per heavy atom. The molecule has 0 radical (unpaired) electrons. The van der Waals surface area contributed by atoms with E-state index in [0.717, 1.165) is 24.3 Å². The maximum atomic E-state index is 11.5. The van der Waals surface area contributed by atoms with Gasteiger partial charge in [-0.2, -0.15) is 0 Å². The number of carbonyl (C=O) groups excluding carboxylic acids is 1. The van der Waals surface area contributed by atoms with Crippen LogP contribution in [0.15, 0.2) is 10.5 Å². The van der Waals surface area contributed by atoms with Crippen LogP contribution in [0.2, 0.25) is 0 Å². The Morgan fingerprint density at radius 3 is 3.05 bits per heavy atom. The number of carbonyl (C=O) groups is 1. The third kappa shape index (κ3) is 3.61. The standard InChI is InChI=1S/C15H24N2O3/c1-3-11-5-4-6-12(8-11)19-9-13-7-10(2)14(20-13)15(18)17-16/h7,11-12H,3-6,8-9,16H2,1-2H3,(H,17,18). The summed E-state index contributed by atoms with van der Waals surface area (Å²) in [7, 11) is 0. The Bertz CT molecular complexity index is 456.